The van der Waals surface area contributed by atoms with Gasteiger partial charge in [0.2, 0.25) is 5.76 Å². The van der Waals surface area contributed by atoms with Crippen LogP contribution >= 0.6 is 11.6 Å². The first-order chi connectivity index (χ1) is 20.8. The number of aliphatic carboxylic acids is 1. The third-order valence-corrected chi connectivity index (χ3v) is 7.82. The molecule has 0 aliphatic carbocycles. The number of carbonyl (C=O) groups is 2. The molecule has 11 heteroatoms. The minimum atomic E-state index is -4.68. The van der Waals surface area contributed by atoms with Gasteiger partial charge in [-0.3, -0.25) is 19.6 Å². The van der Waals surface area contributed by atoms with Crippen LogP contribution in [0.5, 0.6) is 0 Å². The lowest BCUT2D eigenvalue weighted by Gasteiger charge is -2.24. The Morgan fingerprint density at radius 1 is 0.955 bits per heavy atom. The van der Waals surface area contributed by atoms with E-state index < -0.39 is 29.2 Å². The molecule has 1 N–H and O–H groups in total. The Labute approximate surface area is 255 Å². The van der Waals surface area contributed by atoms with Crippen molar-refractivity contribution in [1.29, 1.82) is 0 Å². The SMILES string of the molecule is Cc1cnc2cccnc2c1C(=O)N(Cc1ccc(C(F)(F)F)o1)Cc1ccc(-c2cccc(C(C)(C)C(=O)O)c2)cc1Cl. The molecule has 0 atom stereocenters. The largest absolute Gasteiger partial charge is 0.481 e. The maximum atomic E-state index is 14.1. The Morgan fingerprint density at radius 2 is 1.70 bits per heavy atom. The quantitative estimate of drug-likeness (QED) is 0.188. The van der Waals surface area contributed by atoms with Gasteiger partial charge in [-0.1, -0.05) is 48.0 Å². The number of nitrogens with zero attached hydrogens (tertiary/aromatic N) is 3. The van der Waals surface area contributed by atoms with Crippen molar-refractivity contribution >= 4 is 34.5 Å². The van der Waals surface area contributed by atoms with E-state index >= 15 is 0 Å². The molecular formula is C33H27ClF3N3O4. The Morgan fingerprint density at radius 3 is 2.39 bits per heavy atom. The van der Waals surface area contributed by atoms with Crippen molar-refractivity contribution in [3.8, 4) is 11.1 Å². The number of hydrogen-bond donors (Lipinski definition) is 1. The average Bonchev–Trinajstić information content (AvgIpc) is 3.47. The average molecular weight is 622 g/mol. The standard InChI is InChI=1S/C33H27ClF3N3O4/c1-19-16-39-26-8-5-13-38-29(26)28(19)30(41)40(18-24-11-12-27(44-24)33(35,36)37)17-22-10-9-21(15-25(22)34)20-6-4-7-23(14-20)32(2,3)31(42)43/h4-16H,17-18H2,1-3H3,(H,42,43). The molecule has 0 aliphatic rings. The smallest absolute Gasteiger partial charge is 0.449 e. The van der Waals surface area contributed by atoms with Crippen LogP contribution < -0.4 is 0 Å². The fraction of sp³-hybridized carbons (Fsp3) is 0.212. The molecule has 5 aromatic rings. The van der Waals surface area contributed by atoms with Crippen LogP contribution in [0.25, 0.3) is 22.2 Å². The van der Waals surface area contributed by atoms with Crippen LogP contribution in [0.15, 0.2) is 83.5 Å². The summed E-state index contributed by atoms with van der Waals surface area (Å²) in [6, 6.07) is 17.8. The molecule has 226 valence electrons. The van der Waals surface area contributed by atoms with Gasteiger partial charge in [-0.2, -0.15) is 13.2 Å². The molecule has 5 rings (SSSR count). The molecule has 3 heterocycles. The summed E-state index contributed by atoms with van der Waals surface area (Å²) in [6.07, 6.45) is -1.59. The van der Waals surface area contributed by atoms with Crippen molar-refractivity contribution in [2.45, 2.75) is 45.5 Å². The van der Waals surface area contributed by atoms with Gasteiger partial charge in [0.25, 0.3) is 5.91 Å². The number of aryl methyl sites for hydroxylation is 1. The fourth-order valence-corrected chi connectivity index (χ4v) is 5.05. The van der Waals surface area contributed by atoms with Gasteiger partial charge < -0.3 is 14.4 Å². The van der Waals surface area contributed by atoms with Crippen LogP contribution in [0.1, 0.15) is 52.4 Å². The van der Waals surface area contributed by atoms with Gasteiger partial charge in [0.15, 0.2) is 0 Å². The van der Waals surface area contributed by atoms with Crippen LogP contribution in [0.4, 0.5) is 13.2 Å². The van der Waals surface area contributed by atoms with Crippen molar-refractivity contribution in [1.82, 2.24) is 14.9 Å². The van der Waals surface area contributed by atoms with Crippen molar-refractivity contribution in [3.05, 3.63) is 118 Å². The summed E-state index contributed by atoms with van der Waals surface area (Å²) in [6.45, 7) is 4.63. The first-order valence-corrected chi connectivity index (χ1v) is 13.9. The van der Waals surface area contributed by atoms with E-state index in [1.165, 1.54) is 17.2 Å². The molecular weight excluding hydrogens is 595 g/mol. The van der Waals surface area contributed by atoms with E-state index in [-0.39, 0.29) is 24.4 Å². The van der Waals surface area contributed by atoms with E-state index in [0.29, 0.717) is 32.7 Å². The number of benzene rings is 2. The second kappa shape index (κ2) is 11.8. The van der Waals surface area contributed by atoms with Gasteiger partial charge in [-0.25, -0.2) is 0 Å². The van der Waals surface area contributed by atoms with E-state index in [4.69, 9.17) is 16.0 Å². The molecule has 1 amide bonds. The number of fused-ring (bicyclic) bond motifs is 1. The van der Waals surface area contributed by atoms with E-state index in [1.807, 2.05) is 6.07 Å². The van der Waals surface area contributed by atoms with Crippen molar-refractivity contribution < 1.29 is 32.3 Å². The van der Waals surface area contributed by atoms with Gasteiger partial charge in [0, 0.05) is 24.0 Å². The van der Waals surface area contributed by atoms with Gasteiger partial charge in [-0.05, 0) is 78.9 Å². The van der Waals surface area contributed by atoms with E-state index in [0.717, 1.165) is 17.2 Å². The minimum Gasteiger partial charge on any atom is -0.481 e. The van der Waals surface area contributed by atoms with Gasteiger partial charge in [0.05, 0.1) is 23.0 Å². The van der Waals surface area contributed by atoms with Gasteiger partial charge >= 0.3 is 12.1 Å². The summed E-state index contributed by atoms with van der Waals surface area (Å²) in [5, 5.41) is 9.96. The summed E-state index contributed by atoms with van der Waals surface area (Å²) in [4.78, 5) is 35.9. The van der Waals surface area contributed by atoms with Crippen LogP contribution in [-0.4, -0.2) is 31.9 Å². The van der Waals surface area contributed by atoms with Crippen LogP contribution in [-0.2, 0) is 29.5 Å². The lowest BCUT2D eigenvalue weighted by Crippen LogP contribution is -2.31. The lowest BCUT2D eigenvalue weighted by atomic mass is 9.83. The van der Waals surface area contributed by atoms with Gasteiger partial charge in [0.1, 0.15) is 11.3 Å². The topological polar surface area (TPSA) is 96.5 Å². The predicted octanol–water partition coefficient (Wildman–Crippen LogP) is 8.08. The minimum absolute atomic E-state index is 0.0534. The van der Waals surface area contributed by atoms with Crippen molar-refractivity contribution in [2.75, 3.05) is 0 Å². The maximum absolute atomic E-state index is 14.1. The summed E-state index contributed by atoms with van der Waals surface area (Å²) in [5.41, 5.74) is 3.19. The van der Waals surface area contributed by atoms with E-state index in [1.54, 1.807) is 75.5 Å². The predicted molar refractivity (Wildman–Crippen MR) is 159 cm³/mol. The number of carbonyl (C=O) groups excluding carboxylic acids is 1. The summed E-state index contributed by atoms with van der Waals surface area (Å²) in [5.74, 6) is -2.66. The first kappa shape index (κ1) is 30.7. The number of pyridine rings is 2. The number of alkyl halides is 3. The number of rotatable bonds is 8. The maximum Gasteiger partial charge on any atom is 0.449 e. The molecule has 0 aliphatic heterocycles. The molecule has 0 bridgehead atoms. The molecule has 0 radical (unpaired) electrons. The highest BCUT2D eigenvalue weighted by Gasteiger charge is 2.35. The number of halogens is 4. The highest BCUT2D eigenvalue weighted by molar-refractivity contribution is 6.31. The molecule has 3 aromatic heterocycles. The Kier molecular flexibility index (Phi) is 8.22. The molecule has 0 saturated carbocycles. The molecule has 0 spiro atoms. The summed E-state index contributed by atoms with van der Waals surface area (Å²) < 4.78 is 44.8. The second-order valence-electron chi connectivity index (χ2n) is 10.9. The number of furan rings is 1. The number of carboxylic acid groups (broad SMARTS) is 1. The number of amides is 1. The third-order valence-electron chi connectivity index (χ3n) is 7.47. The first-order valence-electron chi connectivity index (χ1n) is 13.5. The van der Waals surface area contributed by atoms with Crippen molar-refractivity contribution in [2.24, 2.45) is 0 Å². The second-order valence-corrected chi connectivity index (χ2v) is 11.3. The van der Waals surface area contributed by atoms with Crippen LogP contribution in [0.2, 0.25) is 5.02 Å². The molecule has 44 heavy (non-hydrogen) atoms. The lowest BCUT2D eigenvalue weighted by molar-refractivity contribution is -0.153. The summed E-state index contributed by atoms with van der Waals surface area (Å²) in [7, 11) is 0. The highest BCUT2D eigenvalue weighted by atomic mass is 35.5. The fourth-order valence-electron chi connectivity index (χ4n) is 4.81. The van der Waals surface area contributed by atoms with E-state index in [2.05, 4.69) is 9.97 Å². The molecule has 0 saturated heterocycles. The Hall–Kier alpha value is -4.70. The van der Waals surface area contributed by atoms with Gasteiger partial charge in [-0.15, -0.1) is 0 Å². The summed E-state index contributed by atoms with van der Waals surface area (Å²) >= 11 is 6.72. The van der Waals surface area contributed by atoms with E-state index in [9.17, 15) is 27.9 Å². The number of aromatic nitrogens is 2. The van der Waals surface area contributed by atoms with Crippen LogP contribution in [0.3, 0.4) is 0 Å². The molecule has 0 unspecified atom stereocenters. The monoisotopic (exact) mass is 621 g/mol. The van der Waals surface area contributed by atoms with Crippen molar-refractivity contribution in [3.63, 3.8) is 0 Å². The third kappa shape index (κ3) is 6.16. The number of carboxylic acids is 1. The molecule has 7 nitrogen and oxygen atoms in total. The molecule has 2 aromatic carbocycles. The zero-order chi connectivity index (χ0) is 31.8. The number of hydrogen-bond acceptors (Lipinski definition) is 5. The zero-order valence-corrected chi connectivity index (χ0v) is 24.7. The molecule has 0 fully saturated rings. The Balaban J connectivity index is 1.51. The Bertz CT molecular complexity index is 1880. The zero-order valence-electron chi connectivity index (χ0n) is 23.9. The normalized spacial score (nSPS) is 12.0. The highest BCUT2D eigenvalue weighted by Crippen LogP contribution is 2.33. The van der Waals surface area contributed by atoms with Crippen LogP contribution in [0, 0.1) is 6.92 Å².